The molecule has 0 aromatic heterocycles. The van der Waals surface area contributed by atoms with E-state index in [0.717, 1.165) is 31.9 Å². The lowest BCUT2D eigenvalue weighted by atomic mass is 10.2. The summed E-state index contributed by atoms with van der Waals surface area (Å²) in [6.07, 6.45) is 4.01. The molecular formula is C10H21NO3S2. The van der Waals surface area contributed by atoms with Crippen LogP contribution in [-0.4, -0.2) is 57.7 Å². The topological polar surface area (TPSA) is 55.4 Å². The molecule has 16 heavy (non-hydrogen) atoms. The molecule has 0 bridgehead atoms. The first-order chi connectivity index (χ1) is 7.58. The SMILES string of the molecule is CS(=O)(=O)CCSCCNCC1CCCO1. The first-order valence-corrected chi connectivity index (χ1v) is 8.87. The average molecular weight is 267 g/mol. The van der Waals surface area contributed by atoms with Crippen LogP contribution in [0.1, 0.15) is 12.8 Å². The van der Waals surface area contributed by atoms with Crippen molar-refractivity contribution in [3.05, 3.63) is 0 Å². The highest BCUT2D eigenvalue weighted by Crippen LogP contribution is 2.10. The van der Waals surface area contributed by atoms with Crippen LogP contribution in [0.2, 0.25) is 0 Å². The Morgan fingerprint density at radius 1 is 1.44 bits per heavy atom. The Morgan fingerprint density at radius 3 is 2.88 bits per heavy atom. The molecule has 4 nitrogen and oxygen atoms in total. The Morgan fingerprint density at radius 2 is 2.25 bits per heavy atom. The van der Waals surface area contributed by atoms with E-state index in [9.17, 15) is 8.42 Å². The quantitative estimate of drug-likeness (QED) is 0.650. The minimum atomic E-state index is -2.79. The second-order valence-corrected chi connectivity index (χ2v) is 7.57. The predicted octanol–water partition coefficient (Wildman–Crippen LogP) is 0.533. The van der Waals surface area contributed by atoms with E-state index in [1.165, 1.54) is 12.7 Å². The van der Waals surface area contributed by atoms with Crippen molar-refractivity contribution in [1.29, 1.82) is 0 Å². The highest BCUT2D eigenvalue weighted by atomic mass is 32.2. The van der Waals surface area contributed by atoms with Crippen LogP contribution < -0.4 is 5.32 Å². The van der Waals surface area contributed by atoms with Crippen LogP contribution in [0.4, 0.5) is 0 Å². The van der Waals surface area contributed by atoms with E-state index in [-0.39, 0.29) is 5.75 Å². The standard InChI is InChI=1S/C10H21NO3S2/c1-16(12,13)8-7-15-6-4-11-9-10-3-2-5-14-10/h10-11H,2-9H2,1H3. The summed E-state index contributed by atoms with van der Waals surface area (Å²) in [5, 5.41) is 3.33. The van der Waals surface area contributed by atoms with Crippen LogP contribution in [0.5, 0.6) is 0 Å². The van der Waals surface area contributed by atoms with E-state index in [4.69, 9.17) is 4.74 Å². The summed E-state index contributed by atoms with van der Waals surface area (Å²) in [4.78, 5) is 0. The van der Waals surface area contributed by atoms with E-state index in [1.54, 1.807) is 11.8 Å². The molecule has 1 heterocycles. The highest BCUT2D eigenvalue weighted by Gasteiger charge is 2.14. The summed E-state index contributed by atoms with van der Waals surface area (Å²) >= 11 is 1.68. The highest BCUT2D eigenvalue weighted by molar-refractivity contribution is 8.00. The van der Waals surface area contributed by atoms with Gasteiger partial charge in [0.1, 0.15) is 9.84 Å². The predicted molar refractivity (Wildman–Crippen MR) is 68.9 cm³/mol. The van der Waals surface area contributed by atoms with Gasteiger partial charge in [-0.05, 0) is 12.8 Å². The van der Waals surface area contributed by atoms with Gasteiger partial charge in [0, 0.05) is 37.5 Å². The molecule has 1 atom stereocenters. The number of hydrogen-bond acceptors (Lipinski definition) is 5. The lowest BCUT2D eigenvalue weighted by molar-refractivity contribution is 0.110. The van der Waals surface area contributed by atoms with Crippen molar-refractivity contribution in [1.82, 2.24) is 5.32 Å². The number of hydrogen-bond donors (Lipinski definition) is 1. The van der Waals surface area contributed by atoms with E-state index in [0.29, 0.717) is 11.9 Å². The van der Waals surface area contributed by atoms with Crippen molar-refractivity contribution in [3.63, 3.8) is 0 Å². The van der Waals surface area contributed by atoms with Crippen molar-refractivity contribution in [2.75, 3.05) is 43.2 Å². The summed E-state index contributed by atoms with van der Waals surface area (Å²) < 4.78 is 27.2. The Hall–Kier alpha value is 0.220. The lowest BCUT2D eigenvalue weighted by Crippen LogP contribution is -2.28. The fourth-order valence-corrected chi connectivity index (χ4v) is 3.70. The lowest BCUT2D eigenvalue weighted by Gasteiger charge is -2.10. The van der Waals surface area contributed by atoms with Gasteiger partial charge in [0.2, 0.25) is 0 Å². The normalized spacial score (nSPS) is 21.4. The Balaban J connectivity index is 1.84. The molecule has 1 aliphatic rings. The van der Waals surface area contributed by atoms with E-state index >= 15 is 0 Å². The van der Waals surface area contributed by atoms with Gasteiger partial charge in [-0.15, -0.1) is 0 Å². The van der Waals surface area contributed by atoms with Crippen LogP contribution in [0.15, 0.2) is 0 Å². The molecule has 0 aliphatic carbocycles. The molecule has 0 saturated carbocycles. The Bertz CT molecular complexity index is 274. The maximum absolute atomic E-state index is 10.8. The largest absolute Gasteiger partial charge is 0.377 e. The van der Waals surface area contributed by atoms with Gasteiger partial charge in [0.25, 0.3) is 0 Å². The molecule has 96 valence electrons. The molecule has 0 aromatic rings. The van der Waals surface area contributed by atoms with Crippen LogP contribution in [0.3, 0.4) is 0 Å². The monoisotopic (exact) mass is 267 g/mol. The molecule has 0 radical (unpaired) electrons. The van der Waals surface area contributed by atoms with E-state index < -0.39 is 9.84 Å². The van der Waals surface area contributed by atoms with Crippen molar-refractivity contribution in [3.8, 4) is 0 Å². The zero-order chi connectivity index (χ0) is 11.9. The average Bonchev–Trinajstić information content (AvgIpc) is 2.67. The van der Waals surface area contributed by atoms with Crippen LogP contribution in [0, 0.1) is 0 Å². The van der Waals surface area contributed by atoms with E-state index in [1.807, 2.05) is 0 Å². The molecule has 0 aromatic carbocycles. The molecule has 1 N–H and O–H groups in total. The van der Waals surface area contributed by atoms with Gasteiger partial charge in [-0.2, -0.15) is 11.8 Å². The number of nitrogens with one attached hydrogen (secondary N) is 1. The molecule has 1 saturated heterocycles. The number of thioether (sulfide) groups is 1. The molecule has 1 rings (SSSR count). The fraction of sp³-hybridized carbons (Fsp3) is 1.00. The van der Waals surface area contributed by atoms with Gasteiger partial charge in [-0.3, -0.25) is 0 Å². The van der Waals surface area contributed by atoms with Crippen LogP contribution >= 0.6 is 11.8 Å². The summed E-state index contributed by atoms with van der Waals surface area (Å²) in [5.74, 6) is 1.94. The summed E-state index contributed by atoms with van der Waals surface area (Å²) in [7, 11) is -2.79. The number of sulfone groups is 1. The van der Waals surface area contributed by atoms with Crippen LogP contribution in [-0.2, 0) is 14.6 Å². The van der Waals surface area contributed by atoms with Crippen molar-refractivity contribution < 1.29 is 13.2 Å². The van der Waals surface area contributed by atoms with Gasteiger partial charge in [0.15, 0.2) is 0 Å². The molecule has 1 unspecified atom stereocenters. The van der Waals surface area contributed by atoms with Gasteiger partial charge in [-0.1, -0.05) is 0 Å². The smallest absolute Gasteiger partial charge is 0.148 e. The zero-order valence-electron chi connectivity index (χ0n) is 9.78. The summed E-state index contributed by atoms with van der Waals surface area (Å²) in [6.45, 7) is 2.75. The van der Waals surface area contributed by atoms with Gasteiger partial charge in [0.05, 0.1) is 11.9 Å². The first-order valence-electron chi connectivity index (χ1n) is 5.66. The third-order valence-electron chi connectivity index (χ3n) is 2.42. The fourth-order valence-electron chi connectivity index (χ4n) is 1.53. The zero-order valence-corrected chi connectivity index (χ0v) is 11.4. The molecule has 6 heteroatoms. The first kappa shape index (κ1) is 14.3. The Labute approximate surface area is 102 Å². The second-order valence-electron chi connectivity index (χ2n) is 4.08. The molecule has 1 aliphatic heterocycles. The molecule has 0 spiro atoms. The summed E-state index contributed by atoms with van der Waals surface area (Å²) in [6, 6.07) is 0. The third-order valence-corrected chi connectivity index (χ3v) is 4.61. The van der Waals surface area contributed by atoms with Gasteiger partial charge >= 0.3 is 0 Å². The van der Waals surface area contributed by atoms with Crippen molar-refractivity contribution >= 4 is 21.6 Å². The minimum absolute atomic E-state index is 0.281. The maximum atomic E-state index is 10.8. The second kappa shape index (κ2) is 7.53. The van der Waals surface area contributed by atoms with Crippen molar-refractivity contribution in [2.24, 2.45) is 0 Å². The molecule has 0 amide bonds. The van der Waals surface area contributed by atoms with Crippen molar-refractivity contribution in [2.45, 2.75) is 18.9 Å². The number of ether oxygens (including phenoxy) is 1. The van der Waals surface area contributed by atoms with Crippen LogP contribution in [0.25, 0.3) is 0 Å². The maximum Gasteiger partial charge on any atom is 0.148 e. The number of rotatable bonds is 8. The van der Waals surface area contributed by atoms with Gasteiger partial charge < -0.3 is 10.1 Å². The third kappa shape index (κ3) is 7.49. The van der Waals surface area contributed by atoms with E-state index in [2.05, 4.69) is 5.32 Å². The molecule has 1 fully saturated rings. The minimum Gasteiger partial charge on any atom is -0.377 e. The summed E-state index contributed by atoms with van der Waals surface area (Å²) in [5.41, 5.74) is 0. The molecular weight excluding hydrogens is 246 g/mol. The van der Waals surface area contributed by atoms with Gasteiger partial charge in [-0.25, -0.2) is 8.42 Å². The Kier molecular flexibility index (Phi) is 6.72.